The first-order valence-corrected chi connectivity index (χ1v) is 6.13. The first kappa shape index (κ1) is 13.2. The summed E-state index contributed by atoms with van der Waals surface area (Å²) in [4.78, 5) is 13.5. The van der Waals surface area contributed by atoms with Gasteiger partial charge in [0.25, 0.3) is 0 Å². The fourth-order valence-electron chi connectivity index (χ4n) is 1.95. The Balaban J connectivity index is 2.49. The van der Waals surface area contributed by atoms with E-state index in [0.717, 1.165) is 25.9 Å². The molecule has 0 aliphatic carbocycles. The van der Waals surface area contributed by atoms with Crippen molar-refractivity contribution in [2.75, 3.05) is 19.7 Å². The van der Waals surface area contributed by atoms with Crippen molar-refractivity contribution in [1.29, 1.82) is 0 Å². The Morgan fingerprint density at radius 1 is 1.44 bits per heavy atom. The van der Waals surface area contributed by atoms with Gasteiger partial charge in [-0.3, -0.25) is 9.69 Å². The molecule has 0 saturated carbocycles. The standard InChI is InChI=1S/C13H21NO2/c1-2-5-12(6-3-4-11-15)14-9-7-13(16)8-10-14/h12,15H,2,4-5,7-11H2,1H3/t12-/m0/s1. The summed E-state index contributed by atoms with van der Waals surface area (Å²) in [5.41, 5.74) is 0. The highest BCUT2D eigenvalue weighted by Crippen LogP contribution is 2.13. The van der Waals surface area contributed by atoms with E-state index >= 15 is 0 Å². The number of ketones is 1. The lowest BCUT2D eigenvalue weighted by atomic mass is 10.0. The average Bonchev–Trinajstić information content (AvgIpc) is 2.29. The van der Waals surface area contributed by atoms with E-state index in [1.165, 1.54) is 0 Å². The van der Waals surface area contributed by atoms with E-state index in [-0.39, 0.29) is 12.6 Å². The molecule has 1 aliphatic heterocycles. The lowest BCUT2D eigenvalue weighted by molar-refractivity contribution is -0.121. The van der Waals surface area contributed by atoms with Gasteiger partial charge in [0.2, 0.25) is 0 Å². The molecule has 0 spiro atoms. The number of piperidine rings is 1. The predicted octanol–water partition coefficient (Wildman–Crippen LogP) is 1.21. The minimum atomic E-state index is 0.129. The van der Waals surface area contributed by atoms with Crippen LogP contribution < -0.4 is 0 Å². The molecule has 1 N–H and O–H groups in total. The van der Waals surface area contributed by atoms with Crippen molar-refractivity contribution in [3.8, 4) is 11.8 Å². The second-order valence-corrected chi connectivity index (χ2v) is 4.17. The van der Waals surface area contributed by atoms with Gasteiger partial charge < -0.3 is 5.11 Å². The number of rotatable bonds is 4. The molecular weight excluding hydrogens is 202 g/mol. The van der Waals surface area contributed by atoms with Crippen LogP contribution in [0, 0.1) is 11.8 Å². The Morgan fingerprint density at radius 2 is 2.12 bits per heavy atom. The summed E-state index contributed by atoms with van der Waals surface area (Å²) in [7, 11) is 0. The van der Waals surface area contributed by atoms with Crippen LogP contribution in [0.1, 0.15) is 39.0 Å². The Bertz CT molecular complexity index is 267. The number of aliphatic hydroxyl groups excluding tert-OH is 1. The number of nitrogens with zero attached hydrogens (tertiary/aromatic N) is 1. The maximum atomic E-state index is 11.2. The molecule has 1 fully saturated rings. The summed E-state index contributed by atoms with van der Waals surface area (Å²) in [6, 6.07) is 0.268. The number of carbonyl (C=O) groups is 1. The first-order valence-electron chi connectivity index (χ1n) is 6.13. The second kappa shape index (κ2) is 7.43. The van der Waals surface area contributed by atoms with Crippen LogP contribution in [0.4, 0.5) is 0 Å². The van der Waals surface area contributed by atoms with Crippen molar-refractivity contribution in [3.05, 3.63) is 0 Å². The summed E-state index contributed by atoms with van der Waals surface area (Å²) < 4.78 is 0. The quantitative estimate of drug-likeness (QED) is 0.728. The molecule has 0 aromatic heterocycles. The van der Waals surface area contributed by atoms with Gasteiger partial charge in [-0.05, 0) is 6.42 Å². The highest BCUT2D eigenvalue weighted by molar-refractivity contribution is 5.79. The van der Waals surface area contributed by atoms with Gasteiger partial charge >= 0.3 is 0 Å². The summed E-state index contributed by atoms with van der Waals surface area (Å²) >= 11 is 0. The van der Waals surface area contributed by atoms with Crippen molar-refractivity contribution in [1.82, 2.24) is 4.90 Å². The average molecular weight is 223 g/mol. The summed E-state index contributed by atoms with van der Waals surface area (Å²) in [5, 5.41) is 8.69. The maximum Gasteiger partial charge on any atom is 0.135 e. The molecule has 0 aromatic carbocycles. The third-order valence-electron chi connectivity index (χ3n) is 2.86. The molecule has 90 valence electrons. The van der Waals surface area contributed by atoms with Gasteiger partial charge in [-0.1, -0.05) is 25.2 Å². The Morgan fingerprint density at radius 3 is 2.69 bits per heavy atom. The van der Waals surface area contributed by atoms with Crippen molar-refractivity contribution in [3.63, 3.8) is 0 Å². The second-order valence-electron chi connectivity index (χ2n) is 4.17. The number of hydrogen-bond acceptors (Lipinski definition) is 3. The minimum absolute atomic E-state index is 0.129. The zero-order chi connectivity index (χ0) is 11.8. The number of hydrogen-bond donors (Lipinski definition) is 1. The highest BCUT2D eigenvalue weighted by Gasteiger charge is 2.21. The molecule has 0 radical (unpaired) electrons. The number of aliphatic hydroxyl groups is 1. The lowest BCUT2D eigenvalue weighted by Crippen LogP contribution is -2.40. The van der Waals surface area contributed by atoms with Crippen LogP contribution in [0.2, 0.25) is 0 Å². The SMILES string of the molecule is CCC[C@@H](C#CCCO)N1CCC(=O)CC1. The molecular formula is C13H21NO2. The highest BCUT2D eigenvalue weighted by atomic mass is 16.2. The topological polar surface area (TPSA) is 40.5 Å². The van der Waals surface area contributed by atoms with Crippen molar-refractivity contribution >= 4 is 5.78 Å². The number of Topliss-reactive ketones (excluding diaryl/α,β-unsaturated/α-hetero) is 1. The van der Waals surface area contributed by atoms with Gasteiger partial charge in [0.05, 0.1) is 12.6 Å². The van der Waals surface area contributed by atoms with Gasteiger partial charge in [-0.2, -0.15) is 0 Å². The third kappa shape index (κ3) is 4.34. The van der Waals surface area contributed by atoms with E-state index in [1.807, 2.05) is 0 Å². The van der Waals surface area contributed by atoms with Crippen LogP contribution >= 0.6 is 0 Å². The van der Waals surface area contributed by atoms with E-state index in [0.29, 0.717) is 25.0 Å². The lowest BCUT2D eigenvalue weighted by Gasteiger charge is -2.30. The summed E-state index contributed by atoms with van der Waals surface area (Å²) in [5.74, 6) is 6.58. The molecule has 1 heterocycles. The number of carbonyl (C=O) groups excluding carboxylic acids is 1. The molecule has 1 rings (SSSR count). The van der Waals surface area contributed by atoms with Crippen molar-refractivity contribution in [2.45, 2.75) is 45.1 Å². The molecule has 0 amide bonds. The molecule has 3 heteroatoms. The zero-order valence-corrected chi connectivity index (χ0v) is 10.0. The summed E-state index contributed by atoms with van der Waals surface area (Å²) in [6.45, 7) is 3.97. The molecule has 0 unspecified atom stereocenters. The van der Waals surface area contributed by atoms with Crippen molar-refractivity contribution in [2.24, 2.45) is 0 Å². The van der Waals surface area contributed by atoms with Crippen LogP contribution in [-0.4, -0.2) is 41.5 Å². The van der Waals surface area contributed by atoms with Crippen LogP contribution in [0.25, 0.3) is 0 Å². The fourth-order valence-corrected chi connectivity index (χ4v) is 1.95. The van der Waals surface area contributed by atoms with Crippen LogP contribution in [0.3, 0.4) is 0 Å². The van der Waals surface area contributed by atoms with E-state index < -0.39 is 0 Å². The van der Waals surface area contributed by atoms with E-state index in [9.17, 15) is 4.79 Å². The minimum Gasteiger partial charge on any atom is -0.395 e. The van der Waals surface area contributed by atoms with E-state index in [1.54, 1.807) is 0 Å². The van der Waals surface area contributed by atoms with Gasteiger partial charge in [-0.15, -0.1) is 0 Å². The molecule has 1 aliphatic rings. The summed E-state index contributed by atoms with van der Waals surface area (Å²) in [6.07, 6.45) is 4.03. The molecule has 1 atom stereocenters. The Kier molecular flexibility index (Phi) is 6.14. The first-order chi connectivity index (χ1) is 7.77. The third-order valence-corrected chi connectivity index (χ3v) is 2.86. The molecule has 0 aromatic rings. The Labute approximate surface area is 97.8 Å². The van der Waals surface area contributed by atoms with Gasteiger partial charge in [0.1, 0.15) is 5.78 Å². The molecule has 16 heavy (non-hydrogen) atoms. The zero-order valence-electron chi connectivity index (χ0n) is 10.0. The van der Waals surface area contributed by atoms with Crippen LogP contribution in [0.15, 0.2) is 0 Å². The smallest absolute Gasteiger partial charge is 0.135 e. The predicted molar refractivity (Wildman–Crippen MR) is 64.0 cm³/mol. The van der Waals surface area contributed by atoms with Crippen LogP contribution in [0.5, 0.6) is 0 Å². The Hall–Kier alpha value is -0.850. The van der Waals surface area contributed by atoms with Crippen LogP contribution in [-0.2, 0) is 4.79 Å². The normalized spacial score (nSPS) is 19.0. The van der Waals surface area contributed by atoms with E-state index in [2.05, 4.69) is 23.7 Å². The monoisotopic (exact) mass is 223 g/mol. The molecule has 3 nitrogen and oxygen atoms in total. The molecule has 0 bridgehead atoms. The largest absolute Gasteiger partial charge is 0.395 e. The van der Waals surface area contributed by atoms with Gasteiger partial charge in [0, 0.05) is 32.4 Å². The van der Waals surface area contributed by atoms with Gasteiger partial charge in [-0.25, -0.2) is 0 Å². The maximum absolute atomic E-state index is 11.2. The molecule has 1 saturated heterocycles. The van der Waals surface area contributed by atoms with Crippen molar-refractivity contribution < 1.29 is 9.90 Å². The van der Waals surface area contributed by atoms with Gasteiger partial charge in [0.15, 0.2) is 0 Å². The van der Waals surface area contributed by atoms with E-state index in [4.69, 9.17) is 5.11 Å². The number of likely N-dealkylation sites (tertiary alicyclic amines) is 1. The fraction of sp³-hybridized carbons (Fsp3) is 0.769.